The number of urea groups is 1. The predicted octanol–water partition coefficient (Wildman–Crippen LogP) is 3.30. The van der Waals surface area contributed by atoms with Gasteiger partial charge < -0.3 is 15.5 Å². The summed E-state index contributed by atoms with van der Waals surface area (Å²) in [7, 11) is 0. The molecule has 0 saturated carbocycles. The first kappa shape index (κ1) is 16.9. The lowest BCUT2D eigenvalue weighted by Crippen LogP contribution is -3.17. The first-order valence-corrected chi connectivity index (χ1v) is 10.1. The molecule has 2 fully saturated rings. The van der Waals surface area contributed by atoms with Crippen molar-refractivity contribution in [2.24, 2.45) is 0 Å². The van der Waals surface area contributed by atoms with E-state index in [2.05, 4.69) is 28.1 Å². The fraction of sp³-hybridized carbons (Fsp3) is 0.421. The van der Waals surface area contributed by atoms with E-state index in [-0.39, 0.29) is 12.1 Å². The summed E-state index contributed by atoms with van der Waals surface area (Å²) in [5.41, 5.74) is 0.769. The minimum atomic E-state index is -0.117. The largest absolute Gasteiger partial charge is 0.335 e. The van der Waals surface area contributed by atoms with Crippen LogP contribution in [0.15, 0.2) is 41.8 Å². The first-order chi connectivity index (χ1) is 12.2. The Labute approximate surface area is 157 Å². The molecule has 2 aliphatic heterocycles. The average molecular weight is 377 g/mol. The molecule has 25 heavy (non-hydrogen) atoms. The van der Waals surface area contributed by atoms with Crippen LogP contribution in [0.2, 0.25) is 5.02 Å². The van der Waals surface area contributed by atoms with Gasteiger partial charge in [0.25, 0.3) is 0 Å². The second kappa shape index (κ2) is 7.36. The Kier molecular flexibility index (Phi) is 4.97. The number of hydrogen-bond acceptors (Lipinski definition) is 2. The molecule has 1 aromatic carbocycles. The third kappa shape index (κ3) is 4.00. The Balaban J connectivity index is 1.31. The molecule has 4 rings (SSSR count). The van der Waals surface area contributed by atoms with E-state index in [0.29, 0.717) is 17.1 Å². The van der Waals surface area contributed by atoms with Crippen LogP contribution in [0.1, 0.15) is 30.6 Å². The van der Waals surface area contributed by atoms with Gasteiger partial charge in [-0.1, -0.05) is 17.7 Å². The highest BCUT2D eigenvalue weighted by molar-refractivity contribution is 7.09. The van der Waals surface area contributed by atoms with Gasteiger partial charge in [-0.15, -0.1) is 11.3 Å². The van der Waals surface area contributed by atoms with Gasteiger partial charge in [0.05, 0.1) is 17.0 Å². The number of piperidine rings is 1. The number of anilines is 1. The summed E-state index contributed by atoms with van der Waals surface area (Å²) in [5.74, 6) is 0. The summed E-state index contributed by atoms with van der Waals surface area (Å²) in [6.07, 6.45) is 4.71. The third-order valence-electron chi connectivity index (χ3n) is 5.45. The fourth-order valence-corrected chi connectivity index (χ4v) is 5.20. The van der Waals surface area contributed by atoms with Crippen LogP contribution >= 0.6 is 22.9 Å². The standard InChI is InChI=1S/C19H22ClN3OS/c20-13-3-5-14(6-4-13)21-19(24)22-15-10-16-7-8-17(11-15)23(16)12-18-2-1-9-25-18/h1-6,9,15-17H,7-8,10-12H2,(H2,21,22,24)/p+1/t15?,16-,17+. The van der Waals surface area contributed by atoms with E-state index in [1.807, 2.05) is 23.5 Å². The maximum atomic E-state index is 12.3. The number of thiophene rings is 1. The topological polar surface area (TPSA) is 45.6 Å². The van der Waals surface area contributed by atoms with Gasteiger partial charge in [-0.05, 0) is 35.7 Å². The molecule has 2 bridgehead atoms. The molecule has 2 saturated heterocycles. The van der Waals surface area contributed by atoms with Crippen LogP contribution in [0, 0.1) is 0 Å². The summed E-state index contributed by atoms with van der Waals surface area (Å²) >= 11 is 7.73. The zero-order valence-corrected chi connectivity index (χ0v) is 15.6. The lowest BCUT2D eigenvalue weighted by Gasteiger charge is -2.36. The van der Waals surface area contributed by atoms with Crippen LogP contribution in [0.5, 0.6) is 0 Å². The lowest BCUT2D eigenvalue weighted by atomic mass is 9.97. The smallest absolute Gasteiger partial charge is 0.319 e. The Morgan fingerprint density at radius 1 is 1.16 bits per heavy atom. The molecule has 1 aromatic heterocycles. The zero-order chi connectivity index (χ0) is 17.2. The van der Waals surface area contributed by atoms with Crippen molar-refractivity contribution < 1.29 is 9.69 Å². The highest BCUT2D eigenvalue weighted by Crippen LogP contribution is 2.24. The molecule has 132 valence electrons. The van der Waals surface area contributed by atoms with E-state index in [1.54, 1.807) is 17.0 Å². The molecule has 2 aromatic rings. The monoisotopic (exact) mass is 376 g/mol. The molecular weight excluding hydrogens is 354 g/mol. The molecule has 0 radical (unpaired) electrons. The van der Waals surface area contributed by atoms with Crippen molar-refractivity contribution in [1.29, 1.82) is 0 Å². The van der Waals surface area contributed by atoms with Gasteiger partial charge in [0.1, 0.15) is 6.54 Å². The van der Waals surface area contributed by atoms with Gasteiger partial charge in [-0.25, -0.2) is 4.79 Å². The van der Waals surface area contributed by atoms with Crippen molar-refractivity contribution in [3.05, 3.63) is 51.7 Å². The van der Waals surface area contributed by atoms with E-state index in [0.717, 1.165) is 25.1 Å². The normalized spacial score (nSPS) is 27.9. The second-order valence-electron chi connectivity index (χ2n) is 7.08. The number of nitrogens with one attached hydrogen (secondary N) is 3. The average Bonchev–Trinajstić information content (AvgIpc) is 3.17. The molecule has 3 N–H and O–H groups in total. The quantitative estimate of drug-likeness (QED) is 0.753. The van der Waals surface area contributed by atoms with Crippen LogP contribution < -0.4 is 15.5 Å². The van der Waals surface area contributed by atoms with E-state index in [4.69, 9.17) is 11.6 Å². The molecule has 4 atom stereocenters. The summed E-state index contributed by atoms with van der Waals surface area (Å²) in [6.45, 7) is 1.14. The van der Waals surface area contributed by atoms with Gasteiger partial charge in [-0.3, -0.25) is 0 Å². The Morgan fingerprint density at radius 3 is 2.52 bits per heavy atom. The van der Waals surface area contributed by atoms with Gasteiger partial charge in [-0.2, -0.15) is 0 Å². The minimum Gasteiger partial charge on any atom is -0.335 e. The zero-order valence-electron chi connectivity index (χ0n) is 14.0. The number of halogens is 1. The molecule has 0 spiro atoms. The van der Waals surface area contributed by atoms with Gasteiger partial charge in [0, 0.05) is 42.4 Å². The van der Waals surface area contributed by atoms with Crippen LogP contribution in [0.3, 0.4) is 0 Å². The summed E-state index contributed by atoms with van der Waals surface area (Å²) in [4.78, 5) is 15.5. The van der Waals surface area contributed by atoms with Crippen molar-refractivity contribution in [1.82, 2.24) is 5.32 Å². The molecule has 2 aliphatic rings. The predicted molar refractivity (Wildman–Crippen MR) is 102 cm³/mol. The Bertz CT molecular complexity index is 705. The number of benzene rings is 1. The van der Waals surface area contributed by atoms with Gasteiger partial charge in [0.2, 0.25) is 0 Å². The van der Waals surface area contributed by atoms with Gasteiger partial charge in [0.15, 0.2) is 0 Å². The van der Waals surface area contributed by atoms with Crippen molar-refractivity contribution in [2.75, 3.05) is 5.32 Å². The molecule has 2 amide bonds. The number of rotatable bonds is 4. The van der Waals surface area contributed by atoms with Crippen LogP contribution in [0.25, 0.3) is 0 Å². The SMILES string of the molecule is O=C(Nc1ccc(Cl)cc1)NC1C[C@H]2CC[C@@H](C1)[NH+]2Cc1cccs1. The number of carbonyl (C=O) groups is 1. The molecule has 0 aliphatic carbocycles. The summed E-state index contributed by atoms with van der Waals surface area (Å²) in [5, 5.41) is 8.90. The maximum absolute atomic E-state index is 12.3. The van der Waals surface area contributed by atoms with Crippen molar-refractivity contribution in [2.45, 2.75) is 50.4 Å². The number of quaternary nitrogens is 1. The van der Waals surface area contributed by atoms with E-state index < -0.39 is 0 Å². The molecule has 2 unspecified atom stereocenters. The molecule has 3 heterocycles. The van der Waals surface area contributed by atoms with Crippen molar-refractivity contribution in [3.63, 3.8) is 0 Å². The van der Waals surface area contributed by atoms with E-state index >= 15 is 0 Å². The molecule has 6 heteroatoms. The van der Waals surface area contributed by atoms with Crippen molar-refractivity contribution >= 4 is 34.7 Å². The van der Waals surface area contributed by atoms with Crippen LogP contribution in [0.4, 0.5) is 10.5 Å². The van der Waals surface area contributed by atoms with Crippen molar-refractivity contribution in [3.8, 4) is 0 Å². The number of hydrogen-bond donors (Lipinski definition) is 3. The van der Waals surface area contributed by atoms with Gasteiger partial charge >= 0.3 is 6.03 Å². The number of amides is 2. The number of fused-ring (bicyclic) bond motifs is 2. The third-order valence-corrected chi connectivity index (χ3v) is 6.57. The van der Waals surface area contributed by atoms with Crippen LogP contribution in [-0.2, 0) is 6.54 Å². The lowest BCUT2D eigenvalue weighted by molar-refractivity contribution is -0.954. The minimum absolute atomic E-state index is 0.117. The fourth-order valence-electron chi connectivity index (χ4n) is 4.33. The highest BCUT2D eigenvalue weighted by Gasteiger charge is 2.44. The van der Waals surface area contributed by atoms with Crippen LogP contribution in [-0.4, -0.2) is 24.2 Å². The first-order valence-electron chi connectivity index (χ1n) is 8.88. The molecule has 4 nitrogen and oxygen atoms in total. The van der Waals surface area contributed by atoms with E-state index in [9.17, 15) is 4.79 Å². The summed E-state index contributed by atoms with van der Waals surface area (Å²) < 4.78 is 0. The highest BCUT2D eigenvalue weighted by atomic mass is 35.5. The van der Waals surface area contributed by atoms with E-state index in [1.165, 1.54) is 17.7 Å². The second-order valence-corrected chi connectivity index (χ2v) is 8.54. The molecular formula is C19H23ClN3OS+. The summed E-state index contributed by atoms with van der Waals surface area (Å²) in [6, 6.07) is 13.1. The Morgan fingerprint density at radius 2 is 1.88 bits per heavy atom. The number of carbonyl (C=O) groups excluding carboxylic acids is 1. The Hall–Kier alpha value is -1.56. The maximum Gasteiger partial charge on any atom is 0.319 e.